The zero-order chi connectivity index (χ0) is 19.2. The lowest BCUT2D eigenvalue weighted by atomic mass is 10.2. The van der Waals surface area contributed by atoms with Gasteiger partial charge in [0.1, 0.15) is 5.75 Å². The summed E-state index contributed by atoms with van der Waals surface area (Å²) in [5.41, 5.74) is 1.93. The Hall–Kier alpha value is -2.80. The molecule has 0 bridgehead atoms. The van der Waals surface area contributed by atoms with Crippen molar-refractivity contribution in [3.8, 4) is 17.1 Å². The van der Waals surface area contributed by atoms with Gasteiger partial charge in [0.05, 0.1) is 17.9 Å². The predicted octanol–water partition coefficient (Wildman–Crippen LogP) is 3.29. The summed E-state index contributed by atoms with van der Waals surface area (Å²) >= 11 is 1.38. The molecule has 1 heterocycles. The van der Waals surface area contributed by atoms with Crippen LogP contribution in [0, 0.1) is 0 Å². The van der Waals surface area contributed by atoms with Crippen LogP contribution in [-0.2, 0) is 18.4 Å². The second-order valence-electron chi connectivity index (χ2n) is 6.03. The summed E-state index contributed by atoms with van der Waals surface area (Å²) in [6.45, 7) is 2.37. The number of aromatic nitrogens is 3. The van der Waals surface area contributed by atoms with Crippen LogP contribution >= 0.6 is 11.8 Å². The minimum absolute atomic E-state index is 0.0364. The number of amides is 1. The van der Waals surface area contributed by atoms with E-state index in [9.17, 15) is 4.79 Å². The van der Waals surface area contributed by atoms with E-state index in [0.717, 1.165) is 16.9 Å². The van der Waals surface area contributed by atoms with Gasteiger partial charge in [0.2, 0.25) is 5.91 Å². The maximum Gasteiger partial charge on any atom is 0.233 e. The Morgan fingerprint density at radius 3 is 2.59 bits per heavy atom. The molecule has 0 fully saturated rings. The molecule has 0 aliphatic rings. The summed E-state index contributed by atoms with van der Waals surface area (Å²) in [6.07, 6.45) is 0. The molecule has 6 nitrogen and oxygen atoms in total. The average molecular weight is 382 g/mol. The minimum atomic E-state index is -0.290. The van der Waals surface area contributed by atoms with Crippen LogP contribution in [-0.4, -0.2) is 33.0 Å². The zero-order valence-corrected chi connectivity index (χ0v) is 16.4. The van der Waals surface area contributed by atoms with Crippen LogP contribution in [0.3, 0.4) is 0 Å². The van der Waals surface area contributed by atoms with E-state index in [1.54, 1.807) is 7.11 Å². The third-order valence-electron chi connectivity index (χ3n) is 4.14. The van der Waals surface area contributed by atoms with Crippen LogP contribution in [0.1, 0.15) is 12.5 Å². The summed E-state index contributed by atoms with van der Waals surface area (Å²) in [7, 11) is 3.52. The molecule has 1 aromatic heterocycles. The number of ether oxygens (including phenoxy) is 1. The van der Waals surface area contributed by atoms with Gasteiger partial charge in [-0.3, -0.25) is 4.79 Å². The number of carbonyl (C=O) groups is 1. The highest BCUT2D eigenvalue weighted by atomic mass is 32.2. The first-order valence-corrected chi connectivity index (χ1v) is 9.49. The van der Waals surface area contributed by atoms with Crippen molar-refractivity contribution < 1.29 is 9.53 Å². The van der Waals surface area contributed by atoms with Gasteiger partial charge < -0.3 is 14.6 Å². The van der Waals surface area contributed by atoms with Crippen LogP contribution in [0.15, 0.2) is 59.8 Å². The third-order valence-corrected chi connectivity index (χ3v) is 5.28. The number of carbonyl (C=O) groups excluding carboxylic acids is 1. The second kappa shape index (κ2) is 8.73. The standard InChI is InChI=1S/C20H22N4O2S/c1-14(19(25)21-13-15-9-5-4-6-10-15)27-20-23-22-18(24(20)2)16-11-7-8-12-17(16)26-3/h4-12,14H,13H2,1-3H3,(H,21,25)/t14-/m1/s1. The molecule has 0 saturated carbocycles. The van der Waals surface area contributed by atoms with Gasteiger partial charge in [0.15, 0.2) is 11.0 Å². The Labute approximate surface area is 163 Å². The first-order chi connectivity index (χ1) is 13.1. The van der Waals surface area contributed by atoms with E-state index in [-0.39, 0.29) is 11.2 Å². The van der Waals surface area contributed by atoms with Crippen molar-refractivity contribution in [2.45, 2.75) is 23.9 Å². The zero-order valence-electron chi connectivity index (χ0n) is 15.5. The number of benzene rings is 2. The Balaban J connectivity index is 1.67. The van der Waals surface area contributed by atoms with Crippen molar-refractivity contribution in [1.82, 2.24) is 20.1 Å². The lowest BCUT2D eigenvalue weighted by molar-refractivity contribution is -0.120. The highest BCUT2D eigenvalue weighted by Gasteiger charge is 2.20. The fourth-order valence-corrected chi connectivity index (χ4v) is 3.46. The molecule has 0 unspecified atom stereocenters. The number of rotatable bonds is 7. The molecule has 140 valence electrons. The summed E-state index contributed by atoms with van der Waals surface area (Å²) < 4.78 is 7.28. The van der Waals surface area contributed by atoms with Crippen LogP contribution in [0.25, 0.3) is 11.4 Å². The largest absolute Gasteiger partial charge is 0.496 e. The first-order valence-electron chi connectivity index (χ1n) is 8.61. The fourth-order valence-electron chi connectivity index (χ4n) is 2.62. The van der Waals surface area contributed by atoms with Gasteiger partial charge >= 0.3 is 0 Å². The van der Waals surface area contributed by atoms with Gasteiger partial charge in [0, 0.05) is 13.6 Å². The summed E-state index contributed by atoms with van der Waals surface area (Å²) in [5.74, 6) is 1.40. The smallest absolute Gasteiger partial charge is 0.233 e. The van der Waals surface area contributed by atoms with Gasteiger partial charge in [-0.25, -0.2) is 0 Å². The van der Waals surface area contributed by atoms with Crippen molar-refractivity contribution in [2.75, 3.05) is 7.11 Å². The number of hydrogen-bond acceptors (Lipinski definition) is 5. The Morgan fingerprint density at radius 1 is 1.15 bits per heavy atom. The van der Waals surface area contributed by atoms with E-state index in [2.05, 4.69) is 15.5 Å². The molecule has 1 N–H and O–H groups in total. The lowest BCUT2D eigenvalue weighted by Gasteiger charge is -2.12. The number of methoxy groups -OCH3 is 1. The molecule has 1 amide bonds. The molecule has 7 heteroatoms. The minimum Gasteiger partial charge on any atom is -0.496 e. The van der Waals surface area contributed by atoms with Crippen molar-refractivity contribution in [3.63, 3.8) is 0 Å². The number of nitrogens with one attached hydrogen (secondary N) is 1. The van der Waals surface area contributed by atoms with Gasteiger partial charge in [-0.15, -0.1) is 10.2 Å². The molecule has 0 aliphatic carbocycles. The van der Waals surface area contributed by atoms with Crippen molar-refractivity contribution in [2.24, 2.45) is 7.05 Å². The van der Waals surface area contributed by atoms with Crippen LogP contribution in [0.4, 0.5) is 0 Å². The molecule has 0 spiro atoms. The second-order valence-corrected chi connectivity index (χ2v) is 7.34. The third kappa shape index (κ3) is 4.49. The van der Waals surface area contributed by atoms with Gasteiger partial charge in [-0.05, 0) is 24.6 Å². The fraction of sp³-hybridized carbons (Fsp3) is 0.250. The number of hydrogen-bond donors (Lipinski definition) is 1. The van der Waals surface area contributed by atoms with Crippen LogP contribution in [0.2, 0.25) is 0 Å². The highest BCUT2D eigenvalue weighted by molar-refractivity contribution is 8.00. The molecule has 1 atom stereocenters. The van der Waals surface area contributed by atoms with E-state index in [0.29, 0.717) is 17.5 Å². The quantitative estimate of drug-likeness (QED) is 0.635. The Bertz CT molecular complexity index is 911. The maximum atomic E-state index is 12.4. The lowest BCUT2D eigenvalue weighted by Crippen LogP contribution is -2.30. The highest BCUT2D eigenvalue weighted by Crippen LogP contribution is 2.31. The SMILES string of the molecule is COc1ccccc1-c1nnc(S[C@H](C)C(=O)NCc2ccccc2)n1C. The summed E-state index contributed by atoms with van der Waals surface area (Å²) in [6, 6.07) is 17.5. The number of nitrogens with zero attached hydrogens (tertiary/aromatic N) is 3. The van der Waals surface area contributed by atoms with Crippen LogP contribution in [0.5, 0.6) is 5.75 Å². The molecule has 0 radical (unpaired) electrons. The van der Waals surface area contributed by atoms with Crippen molar-refractivity contribution in [3.05, 3.63) is 60.2 Å². The van der Waals surface area contributed by atoms with E-state index in [1.807, 2.05) is 73.1 Å². The van der Waals surface area contributed by atoms with E-state index in [1.165, 1.54) is 11.8 Å². The van der Waals surface area contributed by atoms with Gasteiger partial charge in [-0.2, -0.15) is 0 Å². The monoisotopic (exact) mass is 382 g/mol. The normalized spacial score (nSPS) is 11.8. The van der Waals surface area contributed by atoms with E-state index >= 15 is 0 Å². The maximum absolute atomic E-state index is 12.4. The Kier molecular flexibility index (Phi) is 6.13. The Morgan fingerprint density at radius 2 is 1.85 bits per heavy atom. The van der Waals surface area contributed by atoms with E-state index < -0.39 is 0 Å². The molecule has 27 heavy (non-hydrogen) atoms. The van der Waals surface area contributed by atoms with Crippen molar-refractivity contribution >= 4 is 17.7 Å². The average Bonchev–Trinajstić information content (AvgIpc) is 3.06. The van der Waals surface area contributed by atoms with Gasteiger partial charge in [0.25, 0.3) is 0 Å². The molecule has 3 aromatic rings. The topological polar surface area (TPSA) is 69.0 Å². The molecule has 3 rings (SSSR count). The van der Waals surface area contributed by atoms with E-state index in [4.69, 9.17) is 4.74 Å². The number of para-hydroxylation sites is 1. The molecular weight excluding hydrogens is 360 g/mol. The molecule has 0 aliphatic heterocycles. The number of thioether (sulfide) groups is 1. The summed E-state index contributed by atoms with van der Waals surface area (Å²) in [4.78, 5) is 12.4. The van der Waals surface area contributed by atoms with Crippen LogP contribution < -0.4 is 10.1 Å². The summed E-state index contributed by atoms with van der Waals surface area (Å²) in [5, 5.41) is 11.9. The molecule has 2 aromatic carbocycles. The van der Waals surface area contributed by atoms with Crippen molar-refractivity contribution in [1.29, 1.82) is 0 Å². The predicted molar refractivity (Wildman–Crippen MR) is 107 cm³/mol. The first kappa shape index (κ1) is 19.0. The molecular formula is C20H22N4O2S. The van der Waals surface area contributed by atoms with Gasteiger partial charge in [-0.1, -0.05) is 54.2 Å². The molecule has 0 saturated heterocycles.